The Balaban J connectivity index is 2.16. The Hall–Kier alpha value is -0.610. The summed E-state index contributed by atoms with van der Waals surface area (Å²) in [5.41, 5.74) is 0. The molecule has 1 N–H and O–H groups in total. The smallest absolute Gasteiger partial charge is 0.223 e. The van der Waals surface area contributed by atoms with Crippen molar-refractivity contribution in [2.45, 2.75) is 33.1 Å². The van der Waals surface area contributed by atoms with Crippen LogP contribution in [0.4, 0.5) is 0 Å². The molecule has 0 radical (unpaired) electrons. The Labute approximate surface area is 118 Å². The van der Waals surface area contributed by atoms with Crippen LogP contribution in [0.5, 0.6) is 0 Å². The van der Waals surface area contributed by atoms with Crippen LogP contribution in [0.25, 0.3) is 0 Å². The molecule has 1 amide bonds. The highest BCUT2D eigenvalue weighted by Crippen LogP contribution is 2.18. The van der Waals surface area contributed by atoms with Crippen LogP contribution in [-0.2, 0) is 4.79 Å². The maximum absolute atomic E-state index is 12.0. The summed E-state index contributed by atoms with van der Waals surface area (Å²) >= 11 is 0. The zero-order valence-electron chi connectivity index (χ0n) is 13.1. The molecule has 1 aliphatic heterocycles. The zero-order chi connectivity index (χ0) is 14.3. The van der Waals surface area contributed by atoms with Gasteiger partial charge in [0.25, 0.3) is 0 Å². The highest BCUT2D eigenvalue weighted by molar-refractivity contribution is 5.78. The zero-order valence-corrected chi connectivity index (χ0v) is 13.1. The number of rotatable bonds is 7. The van der Waals surface area contributed by atoms with E-state index in [1.807, 2.05) is 14.1 Å². The van der Waals surface area contributed by atoms with Crippen molar-refractivity contribution in [2.75, 3.05) is 46.8 Å². The van der Waals surface area contributed by atoms with Crippen LogP contribution >= 0.6 is 0 Å². The molecule has 0 spiro atoms. The molecule has 4 nitrogen and oxygen atoms in total. The molecule has 112 valence electrons. The molecule has 0 aromatic heterocycles. The van der Waals surface area contributed by atoms with Crippen molar-refractivity contribution in [3.05, 3.63) is 0 Å². The fourth-order valence-electron chi connectivity index (χ4n) is 2.41. The Morgan fingerprint density at radius 1 is 1.32 bits per heavy atom. The van der Waals surface area contributed by atoms with E-state index in [9.17, 15) is 4.79 Å². The first-order valence-corrected chi connectivity index (χ1v) is 7.64. The van der Waals surface area contributed by atoms with Gasteiger partial charge in [-0.15, -0.1) is 0 Å². The van der Waals surface area contributed by atoms with Crippen molar-refractivity contribution < 1.29 is 4.79 Å². The summed E-state index contributed by atoms with van der Waals surface area (Å²) in [6.07, 6.45) is 3.30. The molecule has 1 fully saturated rings. The topological polar surface area (TPSA) is 35.6 Å². The van der Waals surface area contributed by atoms with Gasteiger partial charge in [0.15, 0.2) is 0 Å². The van der Waals surface area contributed by atoms with Gasteiger partial charge in [0.1, 0.15) is 0 Å². The molecule has 0 unspecified atom stereocenters. The third-order valence-corrected chi connectivity index (χ3v) is 3.84. The maximum atomic E-state index is 12.0. The minimum atomic E-state index is 0.234. The van der Waals surface area contributed by atoms with Crippen LogP contribution in [0.2, 0.25) is 0 Å². The van der Waals surface area contributed by atoms with Crippen LogP contribution in [-0.4, -0.2) is 62.5 Å². The maximum Gasteiger partial charge on any atom is 0.223 e. The lowest BCUT2D eigenvalue weighted by atomic mass is 9.95. The van der Waals surface area contributed by atoms with E-state index in [0.717, 1.165) is 44.9 Å². The van der Waals surface area contributed by atoms with E-state index in [1.54, 1.807) is 0 Å². The van der Waals surface area contributed by atoms with E-state index < -0.39 is 0 Å². The summed E-state index contributed by atoms with van der Waals surface area (Å²) in [5.74, 6) is 1.26. The van der Waals surface area contributed by atoms with Gasteiger partial charge in [-0.25, -0.2) is 0 Å². The molecule has 0 aromatic rings. The van der Waals surface area contributed by atoms with E-state index >= 15 is 0 Å². The third kappa shape index (κ3) is 6.92. The predicted octanol–water partition coefficient (Wildman–Crippen LogP) is 1.42. The standard InChI is InChI=1S/C15H31N3O/c1-13(2)5-9-18-10-6-14(7-11-18)15(19)16-8-12-17(3)4/h13-14H,5-12H2,1-4H3,(H,16,19). The molecular weight excluding hydrogens is 238 g/mol. The van der Waals surface area contributed by atoms with Crippen LogP contribution in [0.3, 0.4) is 0 Å². The quantitative estimate of drug-likeness (QED) is 0.759. The molecule has 1 heterocycles. The van der Waals surface area contributed by atoms with Gasteiger partial charge in [0, 0.05) is 19.0 Å². The SMILES string of the molecule is CC(C)CCN1CCC(C(=O)NCCN(C)C)CC1. The second-order valence-electron chi connectivity index (χ2n) is 6.39. The molecule has 0 aliphatic carbocycles. The number of carbonyl (C=O) groups is 1. The van der Waals surface area contributed by atoms with Crippen LogP contribution in [0, 0.1) is 11.8 Å². The predicted molar refractivity (Wildman–Crippen MR) is 80.2 cm³/mol. The number of nitrogens with zero attached hydrogens (tertiary/aromatic N) is 2. The Morgan fingerprint density at radius 3 is 2.47 bits per heavy atom. The molecule has 0 saturated carbocycles. The summed E-state index contributed by atoms with van der Waals surface area (Å²) in [7, 11) is 4.05. The van der Waals surface area contributed by atoms with Crippen molar-refractivity contribution in [3.8, 4) is 0 Å². The third-order valence-electron chi connectivity index (χ3n) is 3.84. The summed E-state index contributed by atoms with van der Waals surface area (Å²) in [5, 5.41) is 3.05. The number of piperidine rings is 1. The van der Waals surface area contributed by atoms with Gasteiger partial charge in [-0.05, 0) is 58.9 Å². The Kier molecular flexibility index (Phi) is 7.39. The lowest BCUT2D eigenvalue weighted by Gasteiger charge is -2.31. The second kappa shape index (κ2) is 8.54. The van der Waals surface area contributed by atoms with Gasteiger partial charge in [0.05, 0.1) is 0 Å². The molecule has 0 bridgehead atoms. The molecule has 1 saturated heterocycles. The molecular formula is C15H31N3O. The number of amides is 1. The summed E-state index contributed by atoms with van der Waals surface area (Å²) in [6.45, 7) is 9.57. The Morgan fingerprint density at radius 2 is 1.95 bits per heavy atom. The van der Waals surface area contributed by atoms with Crippen LogP contribution in [0.1, 0.15) is 33.1 Å². The molecule has 19 heavy (non-hydrogen) atoms. The largest absolute Gasteiger partial charge is 0.355 e. The lowest BCUT2D eigenvalue weighted by Crippen LogP contribution is -2.42. The van der Waals surface area contributed by atoms with E-state index in [2.05, 4.69) is 29.0 Å². The number of hydrogen-bond donors (Lipinski definition) is 1. The monoisotopic (exact) mass is 269 g/mol. The van der Waals surface area contributed by atoms with Crippen LogP contribution < -0.4 is 5.32 Å². The molecule has 4 heteroatoms. The summed E-state index contributed by atoms with van der Waals surface area (Å²) in [6, 6.07) is 0. The second-order valence-corrected chi connectivity index (χ2v) is 6.39. The average Bonchev–Trinajstić information content (AvgIpc) is 2.36. The van der Waals surface area contributed by atoms with Gasteiger partial charge in [0.2, 0.25) is 5.91 Å². The number of likely N-dealkylation sites (tertiary alicyclic amines) is 1. The van der Waals surface area contributed by atoms with Gasteiger partial charge in [-0.1, -0.05) is 13.8 Å². The van der Waals surface area contributed by atoms with E-state index in [0.29, 0.717) is 0 Å². The summed E-state index contributed by atoms with van der Waals surface area (Å²) in [4.78, 5) is 16.6. The van der Waals surface area contributed by atoms with Crippen molar-refractivity contribution in [1.82, 2.24) is 15.1 Å². The van der Waals surface area contributed by atoms with E-state index in [-0.39, 0.29) is 11.8 Å². The highest BCUT2D eigenvalue weighted by atomic mass is 16.1. The average molecular weight is 269 g/mol. The van der Waals surface area contributed by atoms with E-state index in [1.165, 1.54) is 13.0 Å². The van der Waals surface area contributed by atoms with Crippen molar-refractivity contribution in [3.63, 3.8) is 0 Å². The minimum Gasteiger partial charge on any atom is -0.355 e. The fourth-order valence-corrected chi connectivity index (χ4v) is 2.41. The van der Waals surface area contributed by atoms with Gasteiger partial charge in [-0.2, -0.15) is 0 Å². The van der Waals surface area contributed by atoms with Gasteiger partial charge < -0.3 is 15.1 Å². The van der Waals surface area contributed by atoms with Crippen molar-refractivity contribution in [1.29, 1.82) is 0 Å². The van der Waals surface area contributed by atoms with Gasteiger partial charge >= 0.3 is 0 Å². The van der Waals surface area contributed by atoms with Crippen LogP contribution in [0.15, 0.2) is 0 Å². The number of likely N-dealkylation sites (N-methyl/N-ethyl adjacent to an activating group) is 1. The number of hydrogen-bond acceptors (Lipinski definition) is 3. The fraction of sp³-hybridized carbons (Fsp3) is 0.933. The first-order chi connectivity index (χ1) is 8.99. The molecule has 1 aliphatic rings. The molecule has 1 rings (SSSR count). The normalized spacial score (nSPS) is 18.2. The summed E-state index contributed by atoms with van der Waals surface area (Å²) < 4.78 is 0. The molecule has 0 atom stereocenters. The van der Waals surface area contributed by atoms with Gasteiger partial charge in [-0.3, -0.25) is 4.79 Å². The minimum absolute atomic E-state index is 0.234. The first kappa shape index (κ1) is 16.4. The van der Waals surface area contributed by atoms with Crippen molar-refractivity contribution >= 4 is 5.91 Å². The Bertz CT molecular complexity index is 258. The van der Waals surface area contributed by atoms with E-state index in [4.69, 9.17) is 0 Å². The number of carbonyl (C=O) groups excluding carboxylic acids is 1. The lowest BCUT2D eigenvalue weighted by molar-refractivity contribution is -0.126. The highest BCUT2D eigenvalue weighted by Gasteiger charge is 2.24. The first-order valence-electron chi connectivity index (χ1n) is 7.64. The van der Waals surface area contributed by atoms with Crippen molar-refractivity contribution in [2.24, 2.45) is 11.8 Å². The molecule has 0 aromatic carbocycles. The number of nitrogens with one attached hydrogen (secondary N) is 1.